The van der Waals surface area contributed by atoms with Gasteiger partial charge in [0.15, 0.2) is 0 Å². The number of hydrogen-bond donors (Lipinski definition) is 1. The van der Waals surface area contributed by atoms with Crippen LogP contribution >= 0.6 is 0 Å². The highest BCUT2D eigenvalue weighted by Gasteiger charge is 2.29. The third-order valence-electron chi connectivity index (χ3n) is 2.84. The zero-order chi connectivity index (χ0) is 14.5. The molecule has 1 aromatic carbocycles. The number of ether oxygens (including phenoxy) is 3. The number of carbonyl (C=O) groups is 1. The van der Waals surface area contributed by atoms with Gasteiger partial charge < -0.3 is 19.9 Å². The number of methoxy groups -OCH3 is 2. The smallest absolute Gasteiger partial charge is 0.307 e. The van der Waals surface area contributed by atoms with Crippen LogP contribution < -0.4 is 15.2 Å². The fraction of sp³-hybridized carbons (Fsp3) is 0.500. The molecule has 1 unspecified atom stereocenters. The highest BCUT2D eigenvalue weighted by molar-refractivity contribution is 5.71. The van der Waals surface area contributed by atoms with Crippen molar-refractivity contribution < 1.29 is 19.0 Å². The molecule has 1 atom stereocenters. The summed E-state index contributed by atoms with van der Waals surface area (Å²) in [4.78, 5) is 11.6. The van der Waals surface area contributed by atoms with Crippen LogP contribution in [0.15, 0.2) is 18.2 Å². The largest absolute Gasteiger partial charge is 0.497 e. The maximum atomic E-state index is 11.6. The molecule has 0 radical (unpaired) electrons. The molecule has 0 aromatic heterocycles. The summed E-state index contributed by atoms with van der Waals surface area (Å²) < 4.78 is 15.4. The molecule has 0 saturated heterocycles. The lowest BCUT2D eigenvalue weighted by molar-refractivity contribution is -0.144. The molecule has 0 bridgehead atoms. The minimum Gasteiger partial charge on any atom is -0.497 e. The van der Waals surface area contributed by atoms with Gasteiger partial charge in [-0.05, 0) is 32.0 Å². The van der Waals surface area contributed by atoms with E-state index >= 15 is 0 Å². The van der Waals surface area contributed by atoms with Gasteiger partial charge in [0.1, 0.15) is 11.5 Å². The number of benzene rings is 1. The maximum absolute atomic E-state index is 11.6. The van der Waals surface area contributed by atoms with Gasteiger partial charge in [0.2, 0.25) is 0 Å². The first-order valence-electron chi connectivity index (χ1n) is 6.11. The number of nitrogens with two attached hydrogens (primary N) is 1. The zero-order valence-corrected chi connectivity index (χ0v) is 11.9. The summed E-state index contributed by atoms with van der Waals surface area (Å²) >= 11 is 0. The average molecular weight is 267 g/mol. The van der Waals surface area contributed by atoms with Crippen molar-refractivity contribution in [2.24, 2.45) is 5.73 Å². The fourth-order valence-corrected chi connectivity index (χ4v) is 1.87. The lowest BCUT2D eigenvalue weighted by Crippen LogP contribution is -2.36. The van der Waals surface area contributed by atoms with Gasteiger partial charge in [0.05, 0.1) is 32.8 Å². The Morgan fingerprint density at radius 3 is 2.53 bits per heavy atom. The Morgan fingerprint density at radius 1 is 1.32 bits per heavy atom. The van der Waals surface area contributed by atoms with Crippen molar-refractivity contribution in [1.82, 2.24) is 0 Å². The van der Waals surface area contributed by atoms with Gasteiger partial charge in [-0.25, -0.2) is 0 Å². The van der Waals surface area contributed by atoms with E-state index in [0.717, 1.165) is 0 Å². The minimum absolute atomic E-state index is 0.0738. The van der Waals surface area contributed by atoms with Gasteiger partial charge in [-0.3, -0.25) is 4.79 Å². The third-order valence-corrected chi connectivity index (χ3v) is 2.84. The van der Waals surface area contributed by atoms with Crippen molar-refractivity contribution in [3.63, 3.8) is 0 Å². The molecule has 0 spiro atoms. The van der Waals surface area contributed by atoms with Crippen molar-refractivity contribution in [2.45, 2.75) is 25.8 Å². The summed E-state index contributed by atoms with van der Waals surface area (Å²) in [5.41, 5.74) is 6.06. The summed E-state index contributed by atoms with van der Waals surface area (Å²) in [6, 6.07) is 5.32. The van der Waals surface area contributed by atoms with Crippen LogP contribution in [0.1, 0.15) is 25.8 Å². The van der Waals surface area contributed by atoms with E-state index in [1.807, 2.05) is 0 Å². The minimum atomic E-state index is -0.883. The Kier molecular flexibility index (Phi) is 5.18. The SMILES string of the molecule is CCOC(=O)CC(C)(N)c1cc(OC)ccc1OC. The zero-order valence-electron chi connectivity index (χ0n) is 11.9. The Balaban J connectivity index is 3.07. The molecular formula is C14H21NO4. The quantitative estimate of drug-likeness (QED) is 0.796. The number of rotatable bonds is 6. The molecule has 0 heterocycles. The monoisotopic (exact) mass is 267 g/mol. The van der Waals surface area contributed by atoms with Crippen molar-refractivity contribution in [3.8, 4) is 11.5 Å². The molecule has 0 amide bonds. The van der Waals surface area contributed by atoms with Crippen LogP contribution in [0.2, 0.25) is 0 Å². The Morgan fingerprint density at radius 2 is 2.00 bits per heavy atom. The van der Waals surface area contributed by atoms with E-state index in [1.54, 1.807) is 46.3 Å². The van der Waals surface area contributed by atoms with Crippen LogP contribution in [0.3, 0.4) is 0 Å². The van der Waals surface area contributed by atoms with Gasteiger partial charge in [-0.15, -0.1) is 0 Å². The second-order valence-corrected chi connectivity index (χ2v) is 4.47. The van der Waals surface area contributed by atoms with Gasteiger partial charge in [0.25, 0.3) is 0 Å². The second-order valence-electron chi connectivity index (χ2n) is 4.47. The molecule has 106 valence electrons. The van der Waals surface area contributed by atoms with E-state index in [9.17, 15) is 4.79 Å². The molecule has 0 fully saturated rings. The first kappa shape index (κ1) is 15.3. The van der Waals surface area contributed by atoms with Crippen LogP contribution in [0.5, 0.6) is 11.5 Å². The lowest BCUT2D eigenvalue weighted by atomic mass is 9.89. The highest BCUT2D eigenvalue weighted by Crippen LogP contribution is 2.33. The van der Waals surface area contributed by atoms with Crippen molar-refractivity contribution in [3.05, 3.63) is 23.8 Å². The highest BCUT2D eigenvalue weighted by atomic mass is 16.5. The third kappa shape index (κ3) is 3.86. The first-order chi connectivity index (χ1) is 8.94. The Bertz CT molecular complexity index is 443. The van der Waals surface area contributed by atoms with Crippen LogP contribution in [0, 0.1) is 0 Å². The topological polar surface area (TPSA) is 70.8 Å². The van der Waals surface area contributed by atoms with Crippen molar-refractivity contribution in [1.29, 1.82) is 0 Å². The van der Waals surface area contributed by atoms with E-state index in [1.165, 1.54) is 0 Å². The van der Waals surface area contributed by atoms with E-state index in [2.05, 4.69) is 0 Å². The van der Waals surface area contributed by atoms with Crippen LogP contribution in [-0.2, 0) is 15.1 Å². The molecule has 0 aliphatic heterocycles. The molecule has 1 aromatic rings. The number of carbonyl (C=O) groups excluding carboxylic acids is 1. The Labute approximate surface area is 113 Å². The molecule has 5 heteroatoms. The van der Waals surface area contributed by atoms with Crippen molar-refractivity contribution in [2.75, 3.05) is 20.8 Å². The lowest BCUT2D eigenvalue weighted by Gasteiger charge is -2.26. The van der Waals surface area contributed by atoms with Gasteiger partial charge in [0, 0.05) is 5.56 Å². The Hall–Kier alpha value is -1.75. The summed E-state index contributed by atoms with van der Waals surface area (Å²) in [5.74, 6) is 0.948. The van der Waals surface area contributed by atoms with Crippen LogP contribution in [0.25, 0.3) is 0 Å². The molecule has 0 aliphatic rings. The predicted molar refractivity (Wildman–Crippen MR) is 72.3 cm³/mol. The maximum Gasteiger partial charge on any atom is 0.307 e. The molecule has 2 N–H and O–H groups in total. The molecular weight excluding hydrogens is 246 g/mol. The van der Waals surface area contributed by atoms with E-state index in [4.69, 9.17) is 19.9 Å². The number of hydrogen-bond acceptors (Lipinski definition) is 5. The summed E-state index contributed by atoms with van der Waals surface area (Å²) in [6.45, 7) is 3.86. The molecule has 0 aliphatic carbocycles. The van der Waals surface area contributed by atoms with Gasteiger partial charge >= 0.3 is 5.97 Å². The molecule has 1 rings (SSSR count). The molecule has 19 heavy (non-hydrogen) atoms. The second kappa shape index (κ2) is 6.43. The summed E-state index contributed by atoms with van der Waals surface area (Å²) in [5, 5.41) is 0. The van der Waals surface area contributed by atoms with E-state index in [-0.39, 0.29) is 12.4 Å². The van der Waals surface area contributed by atoms with Crippen LogP contribution in [0.4, 0.5) is 0 Å². The van der Waals surface area contributed by atoms with E-state index in [0.29, 0.717) is 23.7 Å². The summed E-state index contributed by atoms with van der Waals surface area (Å²) in [6.07, 6.45) is 0.0738. The normalized spacial score (nSPS) is 13.5. The molecule has 0 saturated carbocycles. The first-order valence-corrected chi connectivity index (χ1v) is 6.11. The van der Waals surface area contributed by atoms with Gasteiger partial charge in [-0.1, -0.05) is 0 Å². The molecule has 5 nitrogen and oxygen atoms in total. The van der Waals surface area contributed by atoms with Gasteiger partial charge in [-0.2, -0.15) is 0 Å². The fourth-order valence-electron chi connectivity index (χ4n) is 1.87. The van der Waals surface area contributed by atoms with E-state index < -0.39 is 5.54 Å². The summed E-state index contributed by atoms with van der Waals surface area (Å²) in [7, 11) is 3.14. The standard InChI is InChI=1S/C14H21NO4/c1-5-19-13(16)9-14(2,15)11-8-10(17-3)6-7-12(11)18-4/h6-8H,5,9,15H2,1-4H3. The number of esters is 1. The van der Waals surface area contributed by atoms with Crippen molar-refractivity contribution >= 4 is 5.97 Å². The predicted octanol–water partition coefficient (Wildman–Crippen LogP) is 1.83. The average Bonchev–Trinajstić information content (AvgIpc) is 2.37. The van der Waals surface area contributed by atoms with Crippen LogP contribution in [-0.4, -0.2) is 26.8 Å².